The quantitative estimate of drug-likeness (QED) is 0.462. The predicted octanol–water partition coefficient (Wildman–Crippen LogP) is 1.16. The molecule has 1 aliphatic rings. The highest BCUT2D eigenvalue weighted by Crippen LogP contribution is 2.09. The highest BCUT2D eigenvalue weighted by atomic mass is 16.4. The van der Waals surface area contributed by atoms with Crippen LogP contribution in [0.1, 0.15) is 47.0 Å². The number of carboxylic acids is 1. The van der Waals surface area contributed by atoms with Crippen molar-refractivity contribution in [3.63, 3.8) is 0 Å². The minimum atomic E-state index is -0.839. The number of urea groups is 1. The van der Waals surface area contributed by atoms with Gasteiger partial charge in [0.2, 0.25) is 0 Å². The Hall–Kier alpha value is -1.67. The van der Waals surface area contributed by atoms with Crippen LogP contribution in [0.5, 0.6) is 0 Å². The first-order valence-corrected chi connectivity index (χ1v) is 9.97. The summed E-state index contributed by atoms with van der Waals surface area (Å²) < 4.78 is 0. The molecule has 0 aromatic rings. The van der Waals surface area contributed by atoms with Crippen molar-refractivity contribution in [2.45, 2.75) is 59.0 Å². The Morgan fingerprint density at radius 3 is 2.15 bits per heavy atom. The van der Waals surface area contributed by atoms with E-state index in [2.05, 4.69) is 10.6 Å². The molecule has 1 fully saturated rings. The third-order valence-corrected chi connectivity index (χ3v) is 4.66. The van der Waals surface area contributed by atoms with Crippen LogP contribution < -0.4 is 10.6 Å². The molecule has 2 amide bonds. The molecule has 0 bridgehead atoms. The summed E-state index contributed by atoms with van der Waals surface area (Å²) in [6, 6.07) is 0.0419. The average molecular weight is 385 g/mol. The van der Waals surface area contributed by atoms with Crippen molar-refractivity contribution in [3.8, 4) is 0 Å². The van der Waals surface area contributed by atoms with Crippen molar-refractivity contribution in [1.82, 2.24) is 20.4 Å². The summed E-state index contributed by atoms with van der Waals surface area (Å²) in [6.45, 7) is 10.8. The van der Waals surface area contributed by atoms with E-state index in [1.807, 2.05) is 32.6 Å². The van der Waals surface area contributed by atoms with Gasteiger partial charge in [0, 0.05) is 44.7 Å². The molecular weight excluding hydrogens is 348 g/mol. The van der Waals surface area contributed by atoms with Crippen LogP contribution >= 0.6 is 0 Å². The number of hydrogen-bond acceptors (Lipinski definition) is 5. The van der Waals surface area contributed by atoms with Gasteiger partial charge in [-0.25, -0.2) is 4.79 Å². The third kappa shape index (κ3) is 9.19. The fourth-order valence-corrected chi connectivity index (χ4v) is 3.19. The van der Waals surface area contributed by atoms with Gasteiger partial charge < -0.3 is 20.6 Å². The van der Waals surface area contributed by atoms with Crippen LogP contribution in [0.15, 0.2) is 0 Å². The number of carbonyl (C=O) groups excluding carboxylic acids is 2. The van der Waals surface area contributed by atoms with E-state index in [1.54, 1.807) is 4.90 Å². The number of hydrogen-bond donors (Lipinski definition) is 3. The first kappa shape index (κ1) is 23.4. The van der Waals surface area contributed by atoms with Gasteiger partial charge in [-0.05, 0) is 19.3 Å². The van der Waals surface area contributed by atoms with E-state index >= 15 is 0 Å². The molecule has 8 nitrogen and oxygen atoms in total. The van der Waals surface area contributed by atoms with Gasteiger partial charge in [-0.3, -0.25) is 14.5 Å². The SMILES string of the molecule is CC(C)N[C@@H](CCCCNC(=O)N1CCN(CC(=O)O)CC1)C(=O)C(C)C. The van der Waals surface area contributed by atoms with E-state index in [-0.39, 0.29) is 36.4 Å². The number of aliphatic carboxylic acids is 1. The van der Waals surface area contributed by atoms with Crippen molar-refractivity contribution in [2.24, 2.45) is 5.92 Å². The molecule has 156 valence electrons. The zero-order valence-electron chi connectivity index (χ0n) is 17.2. The molecule has 0 saturated carbocycles. The fraction of sp³-hybridized carbons (Fsp3) is 0.842. The van der Waals surface area contributed by atoms with Crippen LogP contribution in [0.3, 0.4) is 0 Å². The first-order valence-electron chi connectivity index (χ1n) is 9.97. The van der Waals surface area contributed by atoms with Crippen LogP contribution in [-0.4, -0.2) is 84.0 Å². The molecule has 1 saturated heterocycles. The molecule has 0 unspecified atom stereocenters. The summed E-state index contributed by atoms with van der Waals surface area (Å²) in [5.74, 6) is -0.582. The summed E-state index contributed by atoms with van der Waals surface area (Å²) in [7, 11) is 0. The number of unbranched alkanes of at least 4 members (excludes halogenated alkanes) is 1. The number of carboxylic acid groups (broad SMARTS) is 1. The second kappa shape index (κ2) is 11.9. The van der Waals surface area contributed by atoms with E-state index < -0.39 is 5.97 Å². The maximum Gasteiger partial charge on any atom is 0.317 e. The molecule has 1 heterocycles. The van der Waals surface area contributed by atoms with Crippen molar-refractivity contribution in [2.75, 3.05) is 39.3 Å². The fourth-order valence-electron chi connectivity index (χ4n) is 3.19. The van der Waals surface area contributed by atoms with E-state index in [1.165, 1.54) is 0 Å². The van der Waals surface area contributed by atoms with Crippen LogP contribution in [-0.2, 0) is 9.59 Å². The lowest BCUT2D eigenvalue weighted by atomic mass is 9.96. The lowest BCUT2D eigenvalue weighted by molar-refractivity contribution is -0.138. The second-order valence-electron chi connectivity index (χ2n) is 7.82. The summed E-state index contributed by atoms with van der Waals surface area (Å²) in [5, 5.41) is 15.1. The molecule has 8 heteroatoms. The van der Waals surface area contributed by atoms with E-state index in [9.17, 15) is 14.4 Å². The normalized spacial score (nSPS) is 16.6. The number of Topliss-reactive ketones (excluding diaryl/α,β-unsaturated/α-hetero) is 1. The highest BCUT2D eigenvalue weighted by Gasteiger charge is 2.23. The van der Waals surface area contributed by atoms with Crippen LogP contribution in [0.2, 0.25) is 0 Å². The standard InChI is InChI=1S/C19H36N4O4/c1-14(2)18(26)16(21-15(3)4)7-5-6-8-20-19(27)23-11-9-22(10-12-23)13-17(24)25/h14-16,21H,5-13H2,1-4H3,(H,20,27)(H,24,25)/t16-/m0/s1. The second-order valence-corrected chi connectivity index (χ2v) is 7.82. The number of carbonyl (C=O) groups is 3. The maximum absolute atomic E-state index is 12.3. The minimum Gasteiger partial charge on any atom is -0.480 e. The Bertz CT molecular complexity index is 488. The van der Waals surface area contributed by atoms with Gasteiger partial charge in [-0.2, -0.15) is 0 Å². The van der Waals surface area contributed by atoms with Gasteiger partial charge in [0.05, 0.1) is 12.6 Å². The molecular formula is C19H36N4O4. The number of piperazine rings is 1. The minimum absolute atomic E-state index is 0.0146. The average Bonchev–Trinajstić information content (AvgIpc) is 2.59. The van der Waals surface area contributed by atoms with Gasteiger partial charge in [0.15, 0.2) is 5.78 Å². The van der Waals surface area contributed by atoms with E-state index in [0.29, 0.717) is 32.7 Å². The Balaban J connectivity index is 2.24. The van der Waals surface area contributed by atoms with Gasteiger partial charge in [-0.1, -0.05) is 27.7 Å². The first-order chi connectivity index (χ1) is 12.7. The zero-order valence-corrected chi connectivity index (χ0v) is 17.2. The molecule has 27 heavy (non-hydrogen) atoms. The Labute approximate surface area is 162 Å². The largest absolute Gasteiger partial charge is 0.480 e. The van der Waals surface area contributed by atoms with Crippen LogP contribution in [0.25, 0.3) is 0 Å². The topological polar surface area (TPSA) is 102 Å². The monoisotopic (exact) mass is 384 g/mol. The number of nitrogens with one attached hydrogen (secondary N) is 2. The number of nitrogens with zero attached hydrogens (tertiary/aromatic N) is 2. The molecule has 1 rings (SSSR count). The number of amides is 2. The molecule has 0 aromatic heterocycles. The molecule has 1 atom stereocenters. The third-order valence-electron chi connectivity index (χ3n) is 4.66. The smallest absolute Gasteiger partial charge is 0.317 e. The van der Waals surface area contributed by atoms with Gasteiger partial charge >= 0.3 is 12.0 Å². The highest BCUT2D eigenvalue weighted by molar-refractivity contribution is 5.85. The number of rotatable bonds is 11. The molecule has 0 aromatic carbocycles. The number of ketones is 1. The van der Waals surface area contributed by atoms with Gasteiger partial charge in [0.1, 0.15) is 0 Å². The molecule has 0 radical (unpaired) electrons. The van der Waals surface area contributed by atoms with Crippen molar-refractivity contribution >= 4 is 17.8 Å². The lowest BCUT2D eigenvalue weighted by Gasteiger charge is -2.33. The van der Waals surface area contributed by atoms with E-state index in [0.717, 1.165) is 19.3 Å². The van der Waals surface area contributed by atoms with Crippen LogP contribution in [0, 0.1) is 5.92 Å². The van der Waals surface area contributed by atoms with Crippen molar-refractivity contribution in [3.05, 3.63) is 0 Å². The summed E-state index contributed by atoms with van der Waals surface area (Å²) in [5.41, 5.74) is 0. The summed E-state index contributed by atoms with van der Waals surface area (Å²) in [6.07, 6.45) is 2.47. The molecule has 3 N–H and O–H groups in total. The maximum atomic E-state index is 12.3. The Morgan fingerprint density at radius 2 is 1.63 bits per heavy atom. The Kier molecular flexibility index (Phi) is 10.3. The molecule has 0 spiro atoms. The predicted molar refractivity (Wildman–Crippen MR) is 105 cm³/mol. The summed E-state index contributed by atoms with van der Waals surface area (Å²) >= 11 is 0. The molecule has 0 aliphatic carbocycles. The summed E-state index contributed by atoms with van der Waals surface area (Å²) in [4.78, 5) is 38.7. The van der Waals surface area contributed by atoms with E-state index in [4.69, 9.17) is 5.11 Å². The Morgan fingerprint density at radius 1 is 1.00 bits per heavy atom. The van der Waals surface area contributed by atoms with Crippen molar-refractivity contribution < 1.29 is 19.5 Å². The molecule has 1 aliphatic heterocycles. The van der Waals surface area contributed by atoms with Gasteiger partial charge in [0.25, 0.3) is 0 Å². The van der Waals surface area contributed by atoms with Crippen LogP contribution in [0.4, 0.5) is 4.79 Å². The van der Waals surface area contributed by atoms with Gasteiger partial charge in [-0.15, -0.1) is 0 Å². The van der Waals surface area contributed by atoms with Crippen molar-refractivity contribution in [1.29, 1.82) is 0 Å². The lowest BCUT2D eigenvalue weighted by Crippen LogP contribution is -2.52. The zero-order chi connectivity index (χ0) is 20.4.